The Balaban J connectivity index is 2.18. The standard InChI is InChI=1S/C14H11FN2O5S2/c15-9-4-3-8(6-10(9)17(21)22)7-11-13(20)16(14(23)24-11)5-1-2-12(18)19/h3-4,6-7H,1-2,5H2,(H,18,19). The van der Waals surface area contributed by atoms with Gasteiger partial charge in [-0.15, -0.1) is 0 Å². The van der Waals surface area contributed by atoms with Gasteiger partial charge in [-0.05, 0) is 24.1 Å². The van der Waals surface area contributed by atoms with E-state index in [4.69, 9.17) is 17.3 Å². The van der Waals surface area contributed by atoms with Crippen LogP contribution in [0.5, 0.6) is 0 Å². The molecule has 1 heterocycles. The highest BCUT2D eigenvalue weighted by atomic mass is 32.2. The van der Waals surface area contributed by atoms with Gasteiger partial charge in [0.25, 0.3) is 5.91 Å². The van der Waals surface area contributed by atoms with Gasteiger partial charge in [0.05, 0.1) is 9.83 Å². The SMILES string of the molecule is O=C(O)CCCN1C(=O)C(=Cc2ccc(F)c([N+](=O)[O-])c2)SC1=S. The Morgan fingerprint density at radius 3 is 2.83 bits per heavy atom. The van der Waals surface area contributed by atoms with Crippen molar-refractivity contribution < 1.29 is 24.0 Å². The molecule has 2 rings (SSSR count). The molecule has 0 saturated carbocycles. The summed E-state index contributed by atoms with van der Waals surface area (Å²) in [6.45, 7) is 0.178. The van der Waals surface area contributed by atoms with E-state index in [1.807, 2.05) is 0 Å². The highest BCUT2D eigenvalue weighted by Gasteiger charge is 2.31. The molecule has 0 unspecified atom stereocenters. The van der Waals surface area contributed by atoms with Gasteiger partial charge in [0.15, 0.2) is 0 Å². The van der Waals surface area contributed by atoms with Crippen molar-refractivity contribution in [3.63, 3.8) is 0 Å². The number of carboxylic acids is 1. The summed E-state index contributed by atoms with van der Waals surface area (Å²) in [5.74, 6) is -2.32. The van der Waals surface area contributed by atoms with Crippen molar-refractivity contribution in [2.24, 2.45) is 0 Å². The Morgan fingerprint density at radius 1 is 1.50 bits per heavy atom. The van der Waals surface area contributed by atoms with Crippen LogP contribution in [-0.4, -0.2) is 37.7 Å². The van der Waals surface area contributed by atoms with Crippen LogP contribution in [0.4, 0.5) is 10.1 Å². The second-order valence-corrected chi connectivity index (χ2v) is 6.47. The first-order valence-corrected chi connectivity index (χ1v) is 7.93. The van der Waals surface area contributed by atoms with Gasteiger partial charge in [-0.3, -0.25) is 24.6 Å². The third-order valence-corrected chi connectivity index (χ3v) is 4.49. The van der Waals surface area contributed by atoms with Gasteiger partial charge in [0, 0.05) is 19.0 Å². The molecular weight excluding hydrogens is 359 g/mol. The molecule has 1 aromatic carbocycles. The van der Waals surface area contributed by atoms with Crippen LogP contribution in [0, 0.1) is 15.9 Å². The fourth-order valence-electron chi connectivity index (χ4n) is 1.99. The summed E-state index contributed by atoms with van der Waals surface area (Å²) >= 11 is 6.10. The fraction of sp³-hybridized carbons (Fsp3) is 0.214. The van der Waals surface area contributed by atoms with E-state index in [0.717, 1.165) is 23.9 Å². The van der Waals surface area contributed by atoms with Gasteiger partial charge in [0.2, 0.25) is 5.82 Å². The number of halogens is 1. The summed E-state index contributed by atoms with van der Waals surface area (Å²) in [7, 11) is 0. The molecule has 10 heteroatoms. The van der Waals surface area contributed by atoms with E-state index >= 15 is 0 Å². The van der Waals surface area contributed by atoms with Crippen molar-refractivity contribution in [2.45, 2.75) is 12.8 Å². The maximum Gasteiger partial charge on any atom is 0.305 e. The molecule has 0 spiro atoms. The number of carboxylic acid groups (broad SMARTS) is 1. The topological polar surface area (TPSA) is 101 Å². The number of carbonyl (C=O) groups excluding carboxylic acids is 1. The Kier molecular flexibility index (Phi) is 5.62. The number of rotatable bonds is 6. The Labute approximate surface area is 145 Å². The fourth-order valence-corrected chi connectivity index (χ4v) is 3.30. The summed E-state index contributed by atoms with van der Waals surface area (Å²) in [6, 6.07) is 3.31. The Hall–Kier alpha value is -2.33. The first kappa shape index (κ1) is 18.0. The number of carbonyl (C=O) groups is 2. The predicted octanol–water partition coefficient (Wildman–Crippen LogP) is 2.80. The predicted molar refractivity (Wildman–Crippen MR) is 89.8 cm³/mol. The second kappa shape index (κ2) is 7.49. The molecular formula is C14H11FN2O5S2. The number of nitro benzene ring substituents is 1. The molecule has 1 amide bonds. The molecule has 0 aliphatic carbocycles. The lowest BCUT2D eigenvalue weighted by Gasteiger charge is -2.13. The number of aliphatic carboxylic acids is 1. The van der Waals surface area contributed by atoms with Crippen LogP contribution in [0.15, 0.2) is 23.1 Å². The molecule has 0 aromatic heterocycles. The minimum atomic E-state index is -0.963. The summed E-state index contributed by atoms with van der Waals surface area (Å²) in [5.41, 5.74) is -0.380. The normalized spacial score (nSPS) is 16.0. The largest absolute Gasteiger partial charge is 0.481 e. The average Bonchev–Trinajstić information content (AvgIpc) is 2.76. The average molecular weight is 370 g/mol. The summed E-state index contributed by atoms with van der Waals surface area (Å²) in [6.07, 6.45) is 1.57. The smallest absolute Gasteiger partial charge is 0.305 e. The zero-order valence-electron chi connectivity index (χ0n) is 12.1. The second-order valence-electron chi connectivity index (χ2n) is 4.80. The molecule has 1 aromatic rings. The number of nitrogens with zero attached hydrogens (tertiary/aromatic N) is 2. The number of hydrogen-bond donors (Lipinski definition) is 1. The van der Waals surface area contributed by atoms with Crippen LogP contribution < -0.4 is 0 Å². The van der Waals surface area contributed by atoms with Crippen LogP contribution in [0.25, 0.3) is 6.08 Å². The van der Waals surface area contributed by atoms with E-state index in [-0.39, 0.29) is 28.6 Å². The maximum atomic E-state index is 13.3. The summed E-state index contributed by atoms with van der Waals surface area (Å²) in [4.78, 5) is 34.2. The molecule has 126 valence electrons. The van der Waals surface area contributed by atoms with E-state index in [2.05, 4.69) is 0 Å². The first-order chi connectivity index (χ1) is 11.3. The maximum absolute atomic E-state index is 13.3. The van der Waals surface area contributed by atoms with Crippen molar-refractivity contribution in [1.82, 2.24) is 4.90 Å². The highest BCUT2D eigenvalue weighted by molar-refractivity contribution is 8.26. The van der Waals surface area contributed by atoms with Gasteiger partial charge >= 0.3 is 11.7 Å². The zero-order chi connectivity index (χ0) is 17.9. The number of thioether (sulfide) groups is 1. The number of thiocarbonyl (C=S) groups is 1. The van der Waals surface area contributed by atoms with Crippen LogP contribution in [0.1, 0.15) is 18.4 Å². The highest BCUT2D eigenvalue weighted by Crippen LogP contribution is 2.33. The van der Waals surface area contributed by atoms with E-state index in [9.17, 15) is 24.1 Å². The van der Waals surface area contributed by atoms with Gasteiger partial charge in [-0.2, -0.15) is 4.39 Å². The third kappa shape index (κ3) is 4.15. The van der Waals surface area contributed by atoms with Crippen LogP contribution in [0.2, 0.25) is 0 Å². The molecule has 7 nitrogen and oxygen atoms in total. The first-order valence-electron chi connectivity index (χ1n) is 6.70. The van der Waals surface area contributed by atoms with Gasteiger partial charge in [0.1, 0.15) is 4.32 Å². The number of nitro groups is 1. The van der Waals surface area contributed by atoms with Gasteiger partial charge < -0.3 is 5.11 Å². The Bertz CT molecular complexity index is 766. The molecule has 1 aliphatic heterocycles. The zero-order valence-corrected chi connectivity index (χ0v) is 13.7. The van der Waals surface area contributed by atoms with Crippen molar-refractivity contribution in [3.05, 3.63) is 44.6 Å². The van der Waals surface area contributed by atoms with E-state index < -0.39 is 28.3 Å². The molecule has 0 atom stereocenters. The van der Waals surface area contributed by atoms with Crippen LogP contribution >= 0.6 is 24.0 Å². The van der Waals surface area contributed by atoms with Gasteiger partial charge in [-0.1, -0.05) is 30.0 Å². The molecule has 1 fully saturated rings. The number of amides is 1. The van der Waals surface area contributed by atoms with Crippen molar-refractivity contribution >= 4 is 51.9 Å². The molecule has 0 bridgehead atoms. The number of benzene rings is 1. The quantitative estimate of drug-likeness (QED) is 0.356. The molecule has 0 radical (unpaired) electrons. The Morgan fingerprint density at radius 2 is 2.21 bits per heavy atom. The lowest BCUT2D eigenvalue weighted by Crippen LogP contribution is -2.29. The van der Waals surface area contributed by atoms with Crippen molar-refractivity contribution in [1.29, 1.82) is 0 Å². The van der Waals surface area contributed by atoms with Crippen molar-refractivity contribution in [3.8, 4) is 0 Å². The van der Waals surface area contributed by atoms with Crippen LogP contribution in [0.3, 0.4) is 0 Å². The van der Waals surface area contributed by atoms with E-state index in [1.54, 1.807) is 0 Å². The monoisotopic (exact) mass is 370 g/mol. The van der Waals surface area contributed by atoms with E-state index in [0.29, 0.717) is 5.56 Å². The lowest BCUT2D eigenvalue weighted by molar-refractivity contribution is -0.387. The molecule has 1 aliphatic rings. The molecule has 24 heavy (non-hydrogen) atoms. The molecule has 1 saturated heterocycles. The third-order valence-electron chi connectivity index (χ3n) is 3.11. The summed E-state index contributed by atoms with van der Waals surface area (Å²) < 4.78 is 13.6. The minimum Gasteiger partial charge on any atom is -0.481 e. The van der Waals surface area contributed by atoms with Crippen molar-refractivity contribution in [2.75, 3.05) is 6.54 Å². The molecule has 1 N–H and O–H groups in total. The lowest BCUT2D eigenvalue weighted by atomic mass is 10.1. The number of hydrogen-bond acceptors (Lipinski definition) is 6. The van der Waals surface area contributed by atoms with Gasteiger partial charge in [-0.25, -0.2) is 0 Å². The summed E-state index contributed by atoms with van der Waals surface area (Å²) in [5, 5.41) is 19.4. The minimum absolute atomic E-state index is 0.0831. The van der Waals surface area contributed by atoms with E-state index in [1.165, 1.54) is 17.0 Å². The van der Waals surface area contributed by atoms with Crippen LogP contribution in [-0.2, 0) is 9.59 Å².